The molecular formula is C13H25N3. The minimum atomic E-state index is 0.218. The molecule has 3 unspecified atom stereocenters. The van der Waals surface area contributed by atoms with E-state index in [4.69, 9.17) is 5.73 Å². The molecule has 1 aliphatic heterocycles. The maximum atomic E-state index is 5.97. The molecule has 0 saturated heterocycles. The van der Waals surface area contributed by atoms with E-state index in [0.29, 0.717) is 0 Å². The molecule has 0 amide bonds. The first-order valence-electron chi connectivity index (χ1n) is 6.51. The Morgan fingerprint density at radius 1 is 1.44 bits per heavy atom. The average molecular weight is 223 g/mol. The third kappa shape index (κ3) is 1.61. The van der Waals surface area contributed by atoms with Crippen molar-refractivity contribution in [3.63, 3.8) is 0 Å². The largest absolute Gasteiger partial charge is 0.370 e. The maximum Gasteiger partial charge on any atom is 0.191 e. The van der Waals surface area contributed by atoms with Crippen molar-refractivity contribution in [2.75, 3.05) is 13.6 Å². The van der Waals surface area contributed by atoms with E-state index in [1.807, 2.05) is 0 Å². The SMILES string of the molecule is CC1CCC(C(C)C)C2(CN=C(N)N2C)C1. The summed E-state index contributed by atoms with van der Waals surface area (Å²) in [5, 5.41) is 0. The molecule has 1 spiro atoms. The lowest BCUT2D eigenvalue weighted by molar-refractivity contribution is 0.0365. The van der Waals surface area contributed by atoms with Crippen molar-refractivity contribution in [2.45, 2.75) is 45.6 Å². The van der Waals surface area contributed by atoms with Crippen molar-refractivity contribution < 1.29 is 0 Å². The summed E-state index contributed by atoms with van der Waals surface area (Å²) < 4.78 is 0. The Morgan fingerprint density at radius 3 is 2.62 bits per heavy atom. The van der Waals surface area contributed by atoms with Crippen LogP contribution in [0.15, 0.2) is 4.99 Å². The number of hydrogen-bond donors (Lipinski definition) is 1. The van der Waals surface area contributed by atoms with E-state index in [2.05, 4.69) is 37.7 Å². The van der Waals surface area contributed by atoms with Gasteiger partial charge in [0.25, 0.3) is 0 Å². The number of aliphatic imine (C=N–C) groups is 1. The van der Waals surface area contributed by atoms with Crippen molar-refractivity contribution in [1.29, 1.82) is 0 Å². The van der Waals surface area contributed by atoms with E-state index in [1.54, 1.807) is 0 Å². The first-order chi connectivity index (χ1) is 7.47. The van der Waals surface area contributed by atoms with Crippen molar-refractivity contribution >= 4 is 5.96 Å². The van der Waals surface area contributed by atoms with Gasteiger partial charge in [-0.25, -0.2) is 0 Å². The molecule has 2 N–H and O–H groups in total. The topological polar surface area (TPSA) is 41.6 Å². The molecule has 16 heavy (non-hydrogen) atoms. The van der Waals surface area contributed by atoms with Gasteiger partial charge in [-0.05, 0) is 30.6 Å². The monoisotopic (exact) mass is 223 g/mol. The van der Waals surface area contributed by atoms with Crippen LogP contribution in [-0.4, -0.2) is 30.0 Å². The van der Waals surface area contributed by atoms with Gasteiger partial charge in [-0.3, -0.25) is 4.99 Å². The number of guanidine groups is 1. The minimum absolute atomic E-state index is 0.218. The molecule has 3 heteroatoms. The van der Waals surface area contributed by atoms with Gasteiger partial charge in [0.1, 0.15) is 0 Å². The highest BCUT2D eigenvalue weighted by Gasteiger charge is 2.50. The molecule has 0 aromatic carbocycles. The zero-order chi connectivity index (χ0) is 11.9. The molecule has 92 valence electrons. The normalized spacial score (nSPS) is 39.6. The first kappa shape index (κ1) is 11.7. The number of rotatable bonds is 1. The van der Waals surface area contributed by atoms with Gasteiger partial charge in [0, 0.05) is 7.05 Å². The van der Waals surface area contributed by atoms with Crippen LogP contribution in [-0.2, 0) is 0 Å². The second kappa shape index (κ2) is 3.94. The Kier molecular flexibility index (Phi) is 2.89. The van der Waals surface area contributed by atoms with Crippen molar-refractivity contribution in [1.82, 2.24) is 4.90 Å². The van der Waals surface area contributed by atoms with Crippen LogP contribution in [0.25, 0.3) is 0 Å². The third-order valence-electron chi connectivity index (χ3n) is 4.69. The van der Waals surface area contributed by atoms with Crippen LogP contribution in [0.4, 0.5) is 0 Å². The number of nitrogens with zero attached hydrogens (tertiary/aromatic N) is 2. The lowest BCUT2D eigenvalue weighted by Crippen LogP contribution is -2.58. The minimum Gasteiger partial charge on any atom is -0.370 e. The second-order valence-electron chi connectivity index (χ2n) is 6.07. The predicted octanol–water partition coefficient (Wildman–Crippen LogP) is 2.08. The molecule has 0 bridgehead atoms. The van der Waals surface area contributed by atoms with E-state index in [9.17, 15) is 0 Å². The third-order valence-corrected chi connectivity index (χ3v) is 4.69. The van der Waals surface area contributed by atoms with Crippen molar-refractivity contribution in [3.8, 4) is 0 Å². The zero-order valence-corrected chi connectivity index (χ0v) is 11.0. The lowest BCUT2D eigenvalue weighted by atomic mass is 9.64. The number of likely N-dealkylation sites (N-methyl/N-ethyl adjacent to an activating group) is 1. The highest BCUT2D eigenvalue weighted by molar-refractivity contribution is 5.80. The summed E-state index contributed by atoms with van der Waals surface area (Å²) in [7, 11) is 2.12. The Hall–Kier alpha value is -0.730. The van der Waals surface area contributed by atoms with E-state index in [1.165, 1.54) is 19.3 Å². The Morgan fingerprint density at radius 2 is 2.12 bits per heavy atom. The fourth-order valence-corrected chi connectivity index (χ4v) is 3.77. The van der Waals surface area contributed by atoms with Crippen molar-refractivity contribution in [3.05, 3.63) is 0 Å². The molecule has 0 aromatic rings. The van der Waals surface area contributed by atoms with E-state index < -0.39 is 0 Å². The Labute approximate surface area is 99.1 Å². The van der Waals surface area contributed by atoms with Gasteiger partial charge >= 0.3 is 0 Å². The summed E-state index contributed by atoms with van der Waals surface area (Å²) >= 11 is 0. The summed E-state index contributed by atoms with van der Waals surface area (Å²) in [4.78, 5) is 6.74. The van der Waals surface area contributed by atoms with Crippen LogP contribution in [0.3, 0.4) is 0 Å². The molecule has 3 nitrogen and oxygen atoms in total. The molecular weight excluding hydrogens is 198 g/mol. The Bertz CT molecular complexity index is 298. The molecule has 1 heterocycles. The fraction of sp³-hybridized carbons (Fsp3) is 0.923. The molecule has 3 atom stereocenters. The van der Waals surface area contributed by atoms with Gasteiger partial charge in [-0.15, -0.1) is 0 Å². The van der Waals surface area contributed by atoms with Crippen molar-refractivity contribution in [2.24, 2.45) is 28.5 Å². The highest BCUT2D eigenvalue weighted by Crippen LogP contribution is 2.45. The average Bonchev–Trinajstić information content (AvgIpc) is 2.47. The van der Waals surface area contributed by atoms with Gasteiger partial charge in [0.05, 0.1) is 12.1 Å². The van der Waals surface area contributed by atoms with E-state index in [-0.39, 0.29) is 5.54 Å². The Balaban J connectivity index is 2.27. The van der Waals surface area contributed by atoms with Gasteiger partial charge < -0.3 is 10.6 Å². The molecule has 0 aromatic heterocycles. The van der Waals surface area contributed by atoms with E-state index >= 15 is 0 Å². The summed E-state index contributed by atoms with van der Waals surface area (Å²) in [6, 6.07) is 0. The summed E-state index contributed by atoms with van der Waals surface area (Å²) in [5.74, 6) is 2.99. The van der Waals surface area contributed by atoms with Crippen LogP contribution in [0, 0.1) is 17.8 Å². The quantitative estimate of drug-likeness (QED) is 0.739. The standard InChI is InChI=1S/C13H25N3/c1-9(2)11-6-5-10(3)7-13(11)8-15-12(14)16(13)4/h9-11H,5-8H2,1-4H3,(H2,14,15). The molecule has 1 saturated carbocycles. The molecule has 1 fully saturated rings. The van der Waals surface area contributed by atoms with Gasteiger partial charge in [0.2, 0.25) is 0 Å². The van der Waals surface area contributed by atoms with Gasteiger partial charge in [-0.1, -0.05) is 27.2 Å². The van der Waals surface area contributed by atoms with E-state index in [0.717, 1.165) is 30.3 Å². The number of nitrogens with two attached hydrogens (primary N) is 1. The van der Waals surface area contributed by atoms with Gasteiger partial charge in [-0.2, -0.15) is 0 Å². The molecule has 1 aliphatic carbocycles. The zero-order valence-electron chi connectivity index (χ0n) is 11.0. The summed E-state index contributed by atoms with van der Waals surface area (Å²) in [6.45, 7) is 7.94. The second-order valence-corrected chi connectivity index (χ2v) is 6.07. The molecule has 2 aliphatic rings. The fourth-order valence-electron chi connectivity index (χ4n) is 3.77. The summed E-state index contributed by atoms with van der Waals surface area (Å²) in [5.41, 5.74) is 6.19. The van der Waals surface area contributed by atoms with Gasteiger partial charge in [0.15, 0.2) is 5.96 Å². The van der Waals surface area contributed by atoms with Crippen LogP contribution in [0.2, 0.25) is 0 Å². The maximum absolute atomic E-state index is 5.97. The molecule has 2 rings (SSSR count). The predicted molar refractivity (Wildman–Crippen MR) is 68.3 cm³/mol. The van der Waals surface area contributed by atoms with Crippen LogP contribution in [0.5, 0.6) is 0 Å². The lowest BCUT2D eigenvalue weighted by Gasteiger charge is -2.50. The van der Waals surface area contributed by atoms with Crippen LogP contribution < -0.4 is 5.73 Å². The van der Waals surface area contributed by atoms with Crippen LogP contribution in [0.1, 0.15) is 40.0 Å². The summed E-state index contributed by atoms with van der Waals surface area (Å²) in [6.07, 6.45) is 3.93. The number of hydrogen-bond acceptors (Lipinski definition) is 3. The molecule has 0 radical (unpaired) electrons. The first-order valence-corrected chi connectivity index (χ1v) is 6.51. The smallest absolute Gasteiger partial charge is 0.191 e. The highest BCUT2D eigenvalue weighted by atomic mass is 15.3. The van der Waals surface area contributed by atoms with Crippen LogP contribution >= 0.6 is 0 Å².